The number of hydrogen-bond donors (Lipinski definition) is 1. The predicted octanol–water partition coefficient (Wildman–Crippen LogP) is 2.79. The molecule has 88 valence electrons. The fourth-order valence-corrected chi connectivity index (χ4v) is 1.91. The lowest BCUT2D eigenvalue weighted by Crippen LogP contribution is -2.15. The van der Waals surface area contributed by atoms with E-state index in [0.29, 0.717) is 6.54 Å². The number of rotatable bonds is 3. The van der Waals surface area contributed by atoms with Crippen molar-refractivity contribution in [2.45, 2.75) is 19.8 Å². The molecule has 0 aliphatic carbocycles. The van der Waals surface area contributed by atoms with Crippen molar-refractivity contribution < 1.29 is 0 Å². The van der Waals surface area contributed by atoms with E-state index in [1.54, 1.807) is 0 Å². The molecule has 2 aromatic rings. The molecular weight excluding hydrogens is 208 g/mol. The molecule has 1 atom stereocenters. The van der Waals surface area contributed by atoms with Gasteiger partial charge in [-0.25, -0.2) is 0 Å². The number of pyridine rings is 1. The molecule has 1 aromatic carbocycles. The zero-order valence-corrected chi connectivity index (χ0v) is 10.4. The van der Waals surface area contributed by atoms with Crippen LogP contribution in [-0.4, -0.2) is 11.5 Å². The maximum atomic E-state index is 5.87. The number of aryl methyl sites for hydroxylation is 2. The molecule has 0 aliphatic rings. The van der Waals surface area contributed by atoms with Crippen LogP contribution in [0.15, 0.2) is 42.6 Å². The topological polar surface area (TPSA) is 38.9 Å². The number of nitrogens with two attached hydrogens (primary N) is 1. The Bertz CT molecular complexity index is 426. The van der Waals surface area contributed by atoms with Crippen LogP contribution in [0.1, 0.15) is 28.3 Å². The Morgan fingerprint density at radius 1 is 1.00 bits per heavy atom. The van der Waals surface area contributed by atoms with E-state index in [2.05, 4.69) is 48.3 Å². The predicted molar refractivity (Wildman–Crippen MR) is 71.1 cm³/mol. The van der Waals surface area contributed by atoms with Crippen LogP contribution < -0.4 is 5.73 Å². The molecular formula is C15H18N2. The molecule has 1 aromatic heterocycles. The molecule has 0 spiro atoms. The van der Waals surface area contributed by atoms with Crippen LogP contribution in [0.25, 0.3) is 0 Å². The Balaban J connectivity index is 2.33. The number of nitrogens with zero attached hydrogens (tertiary/aromatic N) is 1. The van der Waals surface area contributed by atoms with Crippen LogP contribution in [-0.2, 0) is 0 Å². The van der Waals surface area contributed by atoms with Gasteiger partial charge < -0.3 is 5.73 Å². The molecule has 0 bridgehead atoms. The van der Waals surface area contributed by atoms with E-state index in [9.17, 15) is 0 Å². The molecule has 17 heavy (non-hydrogen) atoms. The summed E-state index contributed by atoms with van der Waals surface area (Å²) in [6.07, 6.45) is 1.90. The first kappa shape index (κ1) is 11.8. The molecule has 0 radical (unpaired) electrons. The smallest absolute Gasteiger partial charge is 0.0491 e. The SMILES string of the molecule is Cc1ccc([C@H](CN)c2ccc(C)cn2)cc1. The highest BCUT2D eigenvalue weighted by Crippen LogP contribution is 2.22. The third kappa shape index (κ3) is 2.71. The van der Waals surface area contributed by atoms with Crippen molar-refractivity contribution >= 4 is 0 Å². The zero-order valence-electron chi connectivity index (χ0n) is 10.4. The second-order valence-electron chi connectivity index (χ2n) is 4.46. The summed E-state index contributed by atoms with van der Waals surface area (Å²) in [6.45, 7) is 4.71. The Hall–Kier alpha value is -1.67. The summed E-state index contributed by atoms with van der Waals surface area (Å²) >= 11 is 0. The minimum atomic E-state index is 0.191. The van der Waals surface area contributed by atoms with Crippen LogP contribution in [0.2, 0.25) is 0 Å². The molecule has 2 nitrogen and oxygen atoms in total. The fourth-order valence-electron chi connectivity index (χ4n) is 1.91. The third-order valence-corrected chi connectivity index (χ3v) is 3.01. The molecule has 0 saturated carbocycles. The minimum absolute atomic E-state index is 0.191. The maximum Gasteiger partial charge on any atom is 0.0491 e. The number of benzene rings is 1. The Morgan fingerprint density at radius 2 is 1.65 bits per heavy atom. The van der Waals surface area contributed by atoms with Crippen molar-refractivity contribution in [3.63, 3.8) is 0 Å². The van der Waals surface area contributed by atoms with Gasteiger partial charge in [0.25, 0.3) is 0 Å². The Kier molecular flexibility index (Phi) is 3.55. The normalized spacial score (nSPS) is 12.4. The van der Waals surface area contributed by atoms with Crippen LogP contribution in [0, 0.1) is 13.8 Å². The molecule has 0 amide bonds. The van der Waals surface area contributed by atoms with Gasteiger partial charge >= 0.3 is 0 Å². The van der Waals surface area contributed by atoms with Crippen molar-refractivity contribution in [1.82, 2.24) is 4.98 Å². The van der Waals surface area contributed by atoms with Gasteiger partial charge in [-0.2, -0.15) is 0 Å². The molecule has 2 N–H and O–H groups in total. The molecule has 2 rings (SSSR count). The first-order valence-corrected chi connectivity index (χ1v) is 5.90. The highest BCUT2D eigenvalue weighted by atomic mass is 14.7. The average molecular weight is 226 g/mol. The quantitative estimate of drug-likeness (QED) is 0.874. The Labute approximate surface area is 103 Å². The van der Waals surface area contributed by atoms with Gasteiger partial charge in [0.2, 0.25) is 0 Å². The van der Waals surface area contributed by atoms with Crippen LogP contribution in [0.4, 0.5) is 0 Å². The summed E-state index contributed by atoms with van der Waals surface area (Å²) in [7, 11) is 0. The van der Waals surface area contributed by atoms with Crippen LogP contribution in [0.3, 0.4) is 0 Å². The van der Waals surface area contributed by atoms with Gasteiger partial charge in [-0.15, -0.1) is 0 Å². The van der Waals surface area contributed by atoms with Gasteiger partial charge in [0, 0.05) is 24.4 Å². The monoisotopic (exact) mass is 226 g/mol. The summed E-state index contributed by atoms with van der Waals surface area (Å²) in [5, 5.41) is 0. The lowest BCUT2D eigenvalue weighted by Gasteiger charge is -2.15. The van der Waals surface area contributed by atoms with Gasteiger partial charge in [-0.1, -0.05) is 35.9 Å². The van der Waals surface area contributed by atoms with E-state index in [4.69, 9.17) is 5.73 Å². The van der Waals surface area contributed by atoms with Crippen molar-refractivity contribution in [2.75, 3.05) is 6.54 Å². The summed E-state index contributed by atoms with van der Waals surface area (Å²) < 4.78 is 0. The standard InChI is InChI=1S/C15H18N2/c1-11-3-6-13(7-4-11)14(9-16)15-8-5-12(2)10-17-15/h3-8,10,14H,9,16H2,1-2H3/t14-/m0/s1. The highest BCUT2D eigenvalue weighted by molar-refractivity contribution is 5.31. The van der Waals surface area contributed by atoms with E-state index in [0.717, 1.165) is 5.69 Å². The van der Waals surface area contributed by atoms with E-state index in [1.165, 1.54) is 16.7 Å². The minimum Gasteiger partial charge on any atom is -0.329 e. The van der Waals surface area contributed by atoms with E-state index in [1.807, 2.05) is 13.1 Å². The summed E-state index contributed by atoms with van der Waals surface area (Å²) in [5.41, 5.74) is 10.6. The first-order chi connectivity index (χ1) is 8.20. The van der Waals surface area contributed by atoms with Crippen molar-refractivity contribution in [3.8, 4) is 0 Å². The summed E-state index contributed by atoms with van der Waals surface area (Å²) in [6, 6.07) is 12.6. The van der Waals surface area contributed by atoms with Gasteiger partial charge in [0.05, 0.1) is 0 Å². The second-order valence-corrected chi connectivity index (χ2v) is 4.46. The fraction of sp³-hybridized carbons (Fsp3) is 0.267. The molecule has 1 heterocycles. The lowest BCUT2D eigenvalue weighted by molar-refractivity contribution is 0.786. The van der Waals surface area contributed by atoms with Crippen molar-refractivity contribution in [3.05, 3.63) is 65.0 Å². The van der Waals surface area contributed by atoms with E-state index in [-0.39, 0.29) is 5.92 Å². The van der Waals surface area contributed by atoms with Gasteiger partial charge in [-0.3, -0.25) is 4.98 Å². The number of hydrogen-bond acceptors (Lipinski definition) is 2. The van der Waals surface area contributed by atoms with Crippen molar-refractivity contribution in [1.29, 1.82) is 0 Å². The summed E-state index contributed by atoms with van der Waals surface area (Å²) in [4.78, 5) is 4.47. The molecule has 2 heteroatoms. The molecule has 0 aliphatic heterocycles. The van der Waals surface area contributed by atoms with E-state index < -0.39 is 0 Å². The molecule has 0 saturated heterocycles. The average Bonchev–Trinajstić information content (AvgIpc) is 2.35. The second kappa shape index (κ2) is 5.11. The van der Waals surface area contributed by atoms with Crippen LogP contribution >= 0.6 is 0 Å². The van der Waals surface area contributed by atoms with Crippen molar-refractivity contribution in [2.24, 2.45) is 5.73 Å². The van der Waals surface area contributed by atoms with Gasteiger partial charge in [-0.05, 0) is 31.0 Å². The summed E-state index contributed by atoms with van der Waals surface area (Å²) in [5.74, 6) is 0.191. The zero-order chi connectivity index (χ0) is 12.3. The lowest BCUT2D eigenvalue weighted by atomic mass is 9.94. The molecule has 0 fully saturated rings. The number of aromatic nitrogens is 1. The molecule has 0 unspecified atom stereocenters. The highest BCUT2D eigenvalue weighted by Gasteiger charge is 2.13. The van der Waals surface area contributed by atoms with E-state index >= 15 is 0 Å². The third-order valence-electron chi connectivity index (χ3n) is 3.01. The maximum absolute atomic E-state index is 5.87. The Morgan fingerprint density at radius 3 is 2.18 bits per heavy atom. The first-order valence-electron chi connectivity index (χ1n) is 5.90. The van der Waals surface area contributed by atoms with Gasteiger partial charge in [0.1, 0.15) is 0 Å². The largest absolute Gasteiger partial charge is 0.329 e. The van der Waals surface area contributed by atoms with Crippen LogP contribution in [0.5, 0.6) is 0 Å². The van der Waals surface area contributed by atoms with Gasteiger partial charge in [0.15, 0.2) is 0 Å².